The topological polar surface area (TPSA) is 63.9 Å². The fourth-order valence-corrected chi connectivity index (χ4v) is 3.12. The summed E-state index contributed by atoms with van der Waals surface area (Å²) >= 11 is 1.50. The summed E-state index contributed by atoms with van der Waals surface area (Å²) < 4.78 is 13.5. The van der Waals surface area contributed by atoms with E-state index in [1.165, 1.54) is 18.1 Å². The highest BCUT2D eigenvalue weighted by Gasteiger charge is 2.10. The summed E-state index contributed by atoms with van der Waals surface area (Å²) in [7, 11) is 1.62. The molecule has 27 heavy (non-hydrogen) atoms. The molecule has 0 spiro atoms. The Morgan fingerprint density at radius 3 is 2.19 bits per heavy atom. The van der Waals surface area contributed by atoms with Gasteiger partial charge in [0.05, 0.1) is 13.7 Å². The van der Waals surface area contributed by atoms with E-state index in [0.29, 0.717) is 22.6 Å². The second-order valence-corrected chi connectivity index (χ2v) is 6.48. The third kappa shape index (κ3) is 4.57. The zero-order chi connectivity index (χ0) is 19.2. The Morgan fingerprint density at radius 2 is 1.59 bits per heavy atom. The summed E-state index contributed by atoms with van der Waals surface area (Å²) in [6.45, 7) is 0.375. The minimum atomic E-state index is -0.420. The van der Waals surface area contributed by atoms with E-state index < -0.39 is 5.56 Å². The largest absolute Gasteiger partial charge is 0.497 e. The van der Waals surface area contributed by atoms with E-state index in [1.807, 2.05) is 59.1 Å². The van der Waals surface area contributed by atoms with Crippen molar-refractivity contribution in [2.45, 2.75) is 6.54 Å². The lowest BCUT2D eigenvalue weighted by Crippen LogP contribution is -2.25. The number of aromatic nitrogens is 1. The highest BCUT2D eigenvalue weighted by Crippen LogP contribution is 2.28. The lowest BCUT2D eigenvalue weighted by atomic mass is 10.2. The molecule has 1 heterocycles. The first-order valence-corrected chi connectivity index (χ1v) is 9.42. The lowest BCUT2D eigenvalue weighted by Gasteiger charge is -2.21. The molecule has 0 aliphatic heterocycles. The van der Waals surface area contributed by atoms with E-state index in [-0.39, 0.29) is 0 Å². The van der Waals surface area contributed by atoms with Crippen LogP contribution in [0, 0.1) is 0 Å². The van der Waals surface area contributed by atoms with Crippen LogP contribution in [0.25, 0.3) is 0 Å². The molecule has 0 amide bonds. The predicted molar refractivity (Wildman–Crippen MR) is 107 cm³/mol. The summed E-state index contributed by atoms with van der Waals surface area (Å²) in [6.07, 6.45) is 3.25. The first-order chi connectivity index (χ1) is 13.1. The van der Waals surface area contributed by atoms with E-state index in [4.69, 9.17) is 9.47 Å². The van der Waals surface area contributed by atoms with Crippen LogP contribution in [-0.2, 0) is 6.54 Å². The van der Waals surface area contributed by atoms with Crippen molar-refractivity contribution in [2.75, 3.05) is 17.7 Å². The number of methoxy groups -OCH3 is 1. The molecule has 0 radical (unpaired) electrons. The Hall–Kier alpha value is -3.06. The molecule has 0 aliphatic rings. The van der Waals surface area contributed by atoms with Gasteiger partial charge in [0, 0.05) is 23.7 Å². The Kier molecular flexibility index (Phi) is 5.93. The lowest BCUT2D eigenvalue weighted by molar-refractivity contribution is 0.174. The molecule has 0 saturated heterocycles. The van der Waals surface area contributed by atoms with Crippen LogP contribution in [-0.4, -0.2) is 23.3 Å². The first kappa shape index (κ1) is 18.7. The van der Waals surface area contributed by atoms with Gasteiger partial charge < -0.3 is 19.0 Å². The molecule has 3 aromatic rings. The van der Waals surface area contributed by atoms with Gasteiger partial charge in [0.2, 0.25) is 0 Å². The monoisotopic (exact) mass is 384 g/mol. The van der Waals surface area contributed by atoms with Crippen molar-refractivity contribution >= 4 is 17.6 Å². The molecule has 1 aromatic heterocycles. The van der Waals surface area contributed by atoms with Crippen LogP contribution >= 0.6 is 11.9 Å². The van der Waals surface area contributed by atoms with Gasteiger partial charge in [-0.15, -0.1) is 0 Å². The van der Waals surface area contributed by atoms with Gasteiger partial charge in [-0.1, -0.05) is 11.9 Å². The van der Waals surface area contributed by atoms with E-state index in [1.54, 1.807) is 19.2 Å². The molecule has 3 rings (SSSR count). The molecule has 0 fully saturated rings. The van der Waals surface area contributed by atoms with Crippen molar-refractivity contribution in [2.24, 2.45) is 0 Å². The molecule has 0 atom stereocenters. The summed E-state index contributed by atoms with van der Waals surface area (Å²) in [4.78, 5) is 12.0. The van der Waals surface area contributed by atoms with Gasteiger partial charge in [0.15, 0.2) is 0 Å². The maximum atomic E-state index is 12.0. The fourth-order valence-electron chi connectivity index (χ4n) is 2.52. The molecule has 1 N–H and O–H groups in total. The zero-order valence-electron chi connectivity index (χ0n) is 15.0. The van der Waals surface area contributed by atoms with E-state index in [9.17, 15) is 10.0 Å². The third-order valence-electron chi connectivity index (χ3n) is 3.96. The first-order valence-electron chi connectivity index (χ1n) is 8.24. The van der Waals surface area contributed by atoms with Gasteiger partial charge >= 0.3 is 0 Å². The van der Waals surface area contributed by atoms with Crippen molar-refractivity contribution in [1.82, 2.24) is 4.73 Å². The third-order valence-corrected chi connectivity index (χ3v) is 4.74. The van der Waals surface area contributed by atoms with E-state index in [0.717, 1.165) is 17.2 Å². The highest BCUT2D eigenvalue weighted by atomic mass is 32.2. The van der Waals surface area contributed by atoms with Gasteiger partial charge in [0.25, 0.3) is 5.56 Å². The average Bonchev–Trinajstić information content (AvgIpc) is 2.70. The summed E-state index contributed by atoms with van der Waals surface area (Å²) in [5.41, 5.74) is 1.02. The predicted octanol–water partition coefficient (Wildman–Crippen LogP) is 4.17. The Labute approximate surface area is 161 Å². The maximum absolute atomic E-state index is 12.0. The van der Waals surface area contributed by atoms with Crippen LogP contribution in [0.5, 0.6) is 17.2 Å². The van der Waals surface area contributed by atoms with Crippen LogP contribution in [0.15, 0.2) is 71.7 Å². The van der Waals surface area contributed by atoms with E-state index >= 15 is 0 Å². The molecular formula is C20H20N2O4S. The fraction of sp³-hybridized carbons (Fsp3) is 0.150. The van der Waals surface area contributed by atoms with Crippen molar-refractivity contribution in [3.63, 3.8) is 0 Å². The Morgan fingerprint density at radius 1 is 1.00 bits per heavy atom. The van der Waals surface area contributed by atoms with Crippen LogP contribution in [0.2, 0.25) is 0 Å². The molecule has 0 saturated carbocycles. The molecule has 0 bridgehead atoms. The number of rotatable bonds is 7. The highest BCUT2D eigenvalue weighted by molar-refractivity contribution is 7.99. The molecule has 2 aromatic carbocycles. The minimum Gasteiger partial charge on any atom is -0.497 e. The number of pyridine rings is 1. The van der Waals surface area contributed by atoms with Crippen LogP contribution < -0.4 is 19.3 Å². The number of nitrogens with zero attached hydrogens (tertiary/aromatic N) is 2. The maximum Gasteiger partial charge on any atom is 0.287 e. The number of benzene rings is 2. The smallest absolute Gasteiger partial charge is 0.287 e. The number of hydrogen-bond acceptors (Lipinski definition) is 6. The quantitative estimate of drug-likeness (QED) is 0.487. The zero-order valence-corrected chi connectivity index (χ0v) is 15.8. The Balaban J connectivity index is 1.72. The second kappa shape index (κ2) is 8.55. The normalized spacial score (nSPS) is 10.4. The van der Waals surface area contributed by atoms with Gasteiger partial charge in [-0.05, 0) is 60.7 Å². The van der Waals surface area contributed by atoms with E-state index in [2.05, 4.69) is 0 Å². The SMILES string of the molecule is COc1ccc(Oc2ccc(N(Cc3cccn(O)c3=O)SC)cc2)cc1. The van der Waals surface area contributed by atoms with Crippen LogP contribution in [0.4, 0.5) is 5.69 Å². The molecular weight excluding hydrogens is 364 g/mol. The van der Waals surface area contributed by atoms with Crippen LogP contribution in [0.3, 0.4) is 0 Å². The summed E-state index contributed by atoms with van der Waals surface area (Å²) in [5, 5.41) is 9.52. The Bertz CT molecular complexity index is 939. The summed E-state index contributed by atoms with van der Waals surface area (Å²) in [6, 6.07) is 18.3. The van der Waals surface area contributed by atoms with Crippen molar-refractivity contribution in [1.29, 1.82) is 0 Å². The molecule has 0 unspecified atom stereocenters. The molecule has 6 nitrogen and oxygen atoms in total. The van der Waals surface area contributed by atoms with Gasteiger partial charge in [0.1, 0.15) is 17.2 Å². The van der Waals surface area contributed by atoms with Gasteiger partial charge in [-0.25, -0.2) is 0 Å². The molecule has 7 heteroatoms. The summed E-state index contributed by atoms with van der Waals surface area (Å²) in [5.74, 6) is 2.21. The van der Waals surface area contributed by atoms with Gasteiger partial charge in [-0.3, -0.25) is 4.79 Å². The molecule has 140 valence electrons. The van der Waals surface area contributed by atoms with Crippen molar-refractivity contribution < 1.29 is 14.7 Å². The molecule has 0 aliphatic carbocycles. The minimum absolute atomic E-state index is 0.375. The van der Waals surface area contributed by atoms with Crippen molar-refractivity contribution in [3.8, 4) is 17.2 Å². The van der Waals surface area contributed by atoms with Gasteiger partial charge in [-0.2, -0.15) is 4.73 Å². The average molecular weight is 384 g/mol. The number of ether oxygens (including phenoxy) is 2. The van der Waals surface area contributed by atoms with Crippen LogP contribution in [0.1, 0.15) is 5.56 Å². The van der Waals surface area contributed by atoms with Crippen molar-refractivity contribution in [3.05, 3.63) is 82.8 Å². The standard InChI is InChI=1S/C20H20N2O4S/c1-25-17-9-11-19(12-10-17)26-18-7-5-16(6-8-18)22(27-2)14-15-4-3-13-21(24)20(15)23/h3-13,24H,14H2,1-2H3. The second-order valence-electron chi connectivity index (χ2n) is 5.67. The number of hydrogen-bond donors (Lipinski definition) is 1. The number of anilines is 1.